The lowest BCUT2D eigenvalue weighted by molar-refractivity contribution is 0.0779. The summed E-state index contributed by atoms with van der Waals surface area (Å²) in [5.41, 5.74) is 7.70. The Labute approximate surface area is 119 Å². The molecule has 5 heteroatoms. The minimum Gasteiger partial charge on any atom is -0.397 e. The molecule has 1 aromatic rings. The third kappa shape index (κ3) is 2.50. The molecule has 108 valence electrons. The smallest absolute Gasteiger partial charge is 0.255 e. The van der Waals surface area contributed by atoms with Gasteiger partial charge in [0.05, 0.1) is 23.1 Å². The summed E-state index contributed by atoms with van der Waals surface area (Å²) >= 11 is 0. The van der Waals surface area contributed by atoms with Crippen molar-refractivity contribution >= 4 is 11.6 Å². The zero-order chi connectivity index (χ0) is 14.1. The molecule has 0 radical (unpaired) electrons. The molecule has 2 aliphatic rings. The van der Waals surface area contributed by atoms with Crippen molar-refractivity contribution < 1.29 is 4.79 Å². The molecule has 0 aromatic carbocycles. The van der Waals surface area contributed by atoms with Crippen molar-refractivity contribution in [3.8, 4) is 0 Å². The van der Waals surface area contributed by atoms with Crippen LogP contribution in [0.15, 0.2) is 12.3 Å². The first kappa shape index (κ1) is 13.4. The topological polar surface area (TPSA) is 62.5 Å². The van der Waals surface area contributed by atoms with Gasteiger partial charge in [-0.2, -0.15) is 0 Å². The molecule has 0 saturated carbocycles. The Morgan fingerprint density at radius 3 is 2.85 bits per heavy atom. The number of amides is 1. The minimum absolute atomic E-state index is 0.0731. The van der Waals surface area contributed by atoms with Gasteiger partial charge < -0.3 is 10.6 Å². The van der Waals surface area contributed by atoms with E-state index in [1.165, 1.54) is 25.9 Å². The van der Waals surface area contributed by atoms with E-state index in [0.717, 1.165) is 25.2 Å². The predicted molar refractivity (Wildman–Crippen MR) is 78.5 cm³/mol. The van der Waals surface area contributed by atoms with Gasteiger partial charge in [0.15, 0.2) is 0 Å². The Hall–Kier alpha value is -1.62. The van der Waals surface area contributed by atoms with E-state index in [0.29, 0.717) is 17.3 Å². The molecular weight excluding hydrogens is 252 g/mol. The second kappa shape index (κ2) is 5.40. The number of pyridine rings is 1. The lowest BCUT2D eigenvalue weighted by Gasteiger charge is -2.23. The number of hydrogen-bond acceptors (Lipinski definition) is 4. The van der Waals surface area contributed by atoms with Gasteiger partial charge in [-0.3, -0.25) is 14.7 Å². The fourth-order valence-electron chi connectivity index (χ4n) is 3.27. The molecule has 1 atom stereocenters. The van der Waals surface area contributed by atoms with Crippen LogP contribution in [0.5, 0.6) is 0 Å². The normalized spacial score (nSPS) is 23.4. The van der Waals surface area contributed by atoms with E-state index < -0.39 is 0 Å². The van der Waals surface area contributed by atoms with Crippen molar-refractivity contribution in [2.45, 2.75) is 32.2 Å². The summed E-state index contributed by atoms with van der Waals surface area (Å²) in [5.74, 6) is 0.0731. The van der Waals surface area contributed by atoms with Crippen molar-refractivity contribution in [1.29, 1.82) is 0 Å². The third-order valence-corrected chi connectivity index (χ3v) is 4.45. The van der Waals surface area contributed by atoms with Gasteiger partial charge in [0.25, 0.3) is 5.91 Å². The van der Waals surface area contributed by atoms with Crippen LogP contribution in [-0.2, 0) is 0 Å². The first-order chi connectivity index (χ1) is 9.65. The number of carbonyl (C=O) groups is 1. The molecule has 0 bridgehead atoms. The highest BCUT2D eigenvalue weighted by atomic mass is 16.2. The quantitative estimate of drug-likeness (QED) is 0.882. The number of anilines is 1. The zero-order valence-corrected chi connectivity index (χ0v) is 12.0. The average molecular weight is 274 g/mol. The van der Waals surface area contributed by atoms with Gasteiger partial charge in [0.2, 0.25) is 0 Å². The van der Waals surface area contributed by atoms with Crippen LogP contribution in [0.25, 0.3) is 0 Å². The Balaban J connectivity index is 1.70. The number of likely N-dealkylation sites (tertiary alicyclic amines) is 2. The molecule has 2 fully saturated rings. The average Bonchev–Trinajstić information content (AvgIpc) is 3.10. The number of carbonyl (C=O) groups excluding carboxylic acids is 1. The predicted octanol–water partition coefficient (Wildman–Crippen LogP) is 1.28. The molecule has 1 unspecified atom stereocenters. The molecule has 5 nitrogen and oxygen atoms in total. The standard InChI is InChI=1S/C15H22N4O/c1-11-14(8-12(16)9-17-11)15(20)19-7-4-13(10-19)18-5-2-3-6-18/h8-9,13H,2-7,10,16H2,1H3. The van der Waals surface area contributed by atoms with Crippen molar-refractivity contribution in [1.82, 2.24) is 14.8 Å². The van der Waals surface area contributed by atoms with Gasteiger partial charge in [-0.05, 0) is 45.3 Å². The van der Waals surface area contributed by atoms with Crippen molar-refractivity contribution in [2.24, 2.45) is 0 Å². The fourth-order valence-corrected chi connectivity index (χ4v) is 3.27. The molecule has 3 rings (SSSR count). The Morgan fingerprint density at radius 1 is 1.35 bits per heavy atom. The molecule has 2 aliphatic heterocycles. The maximum atomic E-state index is 12.6. The van der Waals surface area contributed by atoms with Crippen molar-refractivity contribution in [3.05, 3.63) is 23.5 Å². The number of aryl methyl sites for hydroxylation is 1. The Kier molecular flexibility index (Phi) is 3.61. The summed E-state index contributed by atoms with van der Waals surface area (Å²) in [6, 6.07) is 2.28. The zero-order valence-electron chi connectivity index (χ0n) is 12.0. The number of hydrogen-bond donors (Lipinski definition) is 1. The van der Waals surface area contributed by atoms with Gasteiger partial charge in [0, 0.05) is 19.1 Å². The SMILES string of the molecule is Cc1ncc(N)cc1C(=O)N1CCC(N2CCCC2)C1. The van der Waals surface area contributed by atoms with Crippen LogP contribution in [0.2, 0.25) is 0 Å². The van der Waals surface area contributed by atoms with E-state index in [2.05, 4.69) is 9.88 Å². The Bertz CT molecular complexity index is 511. The molecule has 20 heavy (non-hydrogen) atoms. The molecule has 2 N–H and O–H groups in total. The van der Waals surface area contributed by atoms with E-state index in [1.807, 2.05) is 11.8 Å². The van der Waals surface area contributed by atoms with E-state index in [1.54, 1.807) is 12.3 Å². The van der Waals surface area contributed by atoms with Gasteiger partial charge in [-0.25, -0.2) is 0 Å². The maximum absolute atomic E-state index is 12.6. The number of nitrogens with zero attached hydrogens (tertiary/aromatic N) is 3. The van der Waals surface area contributed by atoms with E-state index in [-0.39, 0.29) is 5.91 Å². The van der Waals surface area contributed by atoms with E-state index in [4.69, 9.17) is 5.73 Å². The molecule has 1 aromatic heterocycles. The van der Waals surface area contributed by atoms with Crippen molar-refractivity contribution in [2.75, 3.05) is 31.9 Å². The third-order valence-electron chi connectivity index (χ3n) is 4.45. The highest BCUT2D eigenvalue weighted by molar-refractivity contribution is 5.96. The molecule has 0 aliphatic carbocycles. The van der Waals surface area contributed by atoms with Gasteiger partial charge in [-0.1, -0.05) is 0 Å². The molecule has 3 heterocycles. The first-order valence-corrected chi connectivity index (χ1v) is 7.40. The number of aromatic nitrogens is 1. The molecule has 1 amide bonds. The molecule has 2 saturated heterocycles. The summed E-state index contributed by atoms with van der Waals surface area (Å²) in [6.07, 6.45) is 5.27. The lowest BCUT2D eigenvalue weighted by Crippen LogP contribution is -2.37. The van der Waals surface area contributed by atoms with Crippen LogP contribution < -0.4 is 5.73 Å². The summed E-state index contributed by atoms with van der Waals surface area (Å²) in [6.45, 7) is 5.92. The van der Waals surface area contributed by atoms with E-state index in [9.17, 15) is 4.79 Å². The maximum Gasteiger partial charge on any atom is 0.255 e. The second-order valence-electron chi connectivity index (χ2n) is 5.84. The van der Waals surface area contributed by atoms with Gasteiger partial charge in [0.1, 0.15) is 0 Å². The van der Waals surface area contributed by atoms with Crippen molar-refractivity contribution in [3.63, 3.8) is 0 Å². The van der Waals surface area contributed by atoms with Crippen LogP contribution in [0.3, 0.4) is 0 Å². The summed E-state index contributed by atoms with van der Waals surface area (Å²) in [5, 5.41) is 0. The highest BCUT2D eigenvalue weighted by Gasteiger charge is 2.32. The minimum atomic E-state index is 0.0731. The number of nitrogens with two attached hydrogens (primary N) is 1. The van der Waals surface area contributed by atoms with Gasteiger partial charge in [-0.15, -0.1) is 0 Å². The van der Waals surface area contributed by atoms with E-state index >= 15 is 0 Å². The fraction of sp³-hybridized carbons (Fsp3) is 0.600. The highest BCUT2D eigenvalue weighted by Crippen LogP contribution is 2.22. The largest absolute Gasteiger partial charge is 0.397 e. The Morgan fingerprint density at radius 2 is 2.10 bits per heavy atom. The first-order valence-electron chi connectivity index (χ1n) is 7.40. The van der Waals surface area contributed by atoms with Crippen LogP contribution in [0.4, 0.5) is 5.69 Å². The van der Waals surface area contributed by atoms with Gasteiger partial charge >= 0.3 is 0 Å². The molecule has 0 spiro atoms. The lowest BCUT2D eigenvalue weighted by atomic mass is 10.1. The second-order valence-corrected chi connectivity index (χ2v) is 5.84. The van der Waals surface area contributed by atoms with Crippen LogP contribution in [0, 0.1) is 6.92 Å². The van der Waals surface area contributed by atoms with Crippen LogP contribution >= 0.6 is 0 Å². The van der Waals surface area contributed by atoms with Crippen LogP contribution in [0.1, 0.15) is 35.3 Å². The number of nitrogen functional groups attached to an aromatic ring is 1. The monoisotopic (exact) mass is 274 g/mol. The molecular formula is C15H22N4O. The number of rotatable bonds is 2. The summed E-state index contributed by atoms with van der Waals surface area (Å²) in [7, 11) is 0. The summed E-state index contributed by atoms with van der Waals surface area (Å²) < 4.78 is 0. The van der Waals surface area contributed by atoms with Crippen LogP contribution in [-0.4, -0.2) is 52.9 Å². The summed E-state index contributed by atoms with van der Waals surface area (Å²) in [4.78, 5) is 21.3.